The number of benzene rings is 1. The van der Waals surface area contributed by atoms with Crippen molar-refractivity contribution in [2.24, 2.45) is 0 Å². The molecule has 0 radical (unpaired) electrons. The third-order valence-electron chi connectivity index (χ3n) is 4.47. The molecule has 1 saturated heterocycles. The van der Waals surface area contributed by atoms with E-state index in [1.165, 1.54) is 7.11 Å². The number of piperazine rings is 1. The third-order valence-corrected chi connectivity index (χ3v) is 4.47. The van der Waals surface area contributed by atoms with Gasteiger partial charge in [0.1, 0.15) is 5.82 Å². The molecular weight excluding hydrogens is 346 g/mol. The molecule has 1 aromatic carbocycles. The summed E-state index contributed by atoms with van der Waals surface area (Å²) in [6.45, 7) is 6.26. The van der Waals surface area contributed by atoms with Gasteiger partial charge in [0, 0.05) is 44.9 Å². The molecule has 0 unspecified atom stereocenters. The van der Waals surface area contributed by atoms with Gasteiger partial charge < -0.3 is 19.9 Å². The van der Waals surface area contributed by atoms with Crippen molar-refractivity contribution >= 4 is 29.3 Å². The van der Waals surface area contributed by atoms with Crippen molar-refractivity contribution in [1.29, 1.82) is 0 Å². The maximum absolute atomic E-state index is 11.9. The van der Waals surface area contributed by atoms with Crippen LogP contribution in [0.4, 0.5) is 17.5 Å². The highest BCUT2D eigenvalue weighted by atomic mass is 16.5. The summed E-state index contributed by atoms with van der Waals surface area (Å²) in [5.41, 5.74) is 1.82. The third kappa shape index (κ3) is 4.33. The van der Waals surface area contributed by atoms with E-state index in [2.05, 4.69) is 20.2 Å². The van der Waals surface area contributed by atoms with Crippen molar-refractivity contribution < 1.29 is 14.3 Å². The number of carbonyl (C=O) groups excluding carboxylic acids is 2. The van der Waals surface area contributed by atoms with Crippen molar-refractivity contribution in [2.75, 3.05) is 43.5 Å². The SMILES string of the molecule is COC(=O)c1ccccc1Nc1nc(C)cc(N2CCN(C(C)=O)CC2)n1. The maximum atomic E-state index is 11.9. The van der Waals surface area contributed by atoms with E-state index in [0.29, 0.717) is 43.4 Å². The normalized spacial score (nSPS) is 14.0. The van der Waals surface area contributed by atoms with Crippen LogP contribution < -0.4 is 10.2 Å². The van der Waals surface area contributed by atoms with Crippen molar-refractivity contribution in [3.63, 3.8) is 0 Å². The lowest BCUT2D eigenvalue weighted by Gasteiger charge is -2.35. The van der Waals surface area contributed by atoms with E-state index < -0.39 is 5.97 Å². The molecule has 142 valence electrons. The zero-order chi connectivity index (χ0) is 19.4. The molecule has 0 bridgehead atoms. The van der Waals surface area contributed by atoms with Crippen molar-refractivity contribution in [2.45, 2.75) is 13.8 Å². The van der Waals surface area contributed by atoms with E-state index in [1.807, 2.05) is 24.0 Å². The second-order valence-electron chi connectivity index (χ2n) is 6.35. The Morgan fingerprint density at radius 3 is 2.48 bits per heavy atom. The summed E-state index contributed by atoms with van der Waals surface area (Å²) in [5, 5.41) is 3.12. The summed E-state index contributed by atoms with van der Waals surface area (Å²) >= 11 is 0. The van der Waals surface area contributed by atoms with Crippen LogP contribution >= 0.6 is 0 Å². The van der Waals surface area contributed by atoms with Gasteiger partial charge >= 0.3 is 5.97 Å². The number of aromatic nitrogens is 2. The molecule has 1 aliphatic heterocycles. The van der Waals surface area contributed by atoms with E-state index in [0.717, 1.165) is 11.5 Å². The fraction of sp³-hybridized carbons (Fsp3) is 0.368. The number of nitrogens with one attached hydrogen (secondary N) is 1. The number of ether oxygens (including phenoxy) is 1. The fourth-order valence-corrected chi connectivity index (χ4v) is 3.02. The molecule has 2 heterocycles. The maximum Gasteiger partial charge on any atom is 0.339 e. The molecule has 3 rings (SSSR count). The number of esters is 1. The molecule has 0 atom stereocenters. The Bertz CT molecular complexity index is 847. The first-order valence-electron chi connectivity index (χ1n) is 8.78. The standard InChI is InChI=1S/C19H23N5O3/c1-13-12-17(24-10-8-23(9-11-24)14(2)25)22-19(20-13)21-16-7-5-4-6-15(16)18(26)27-3/h4-7,12H,8-11H2,1-3H3,(H,20,21,22). The van der Waals surface area contributed by atoms with Crippen LogP contribution in [0.15, 0.2) is 30.3 Å². The number of para-hydroxylation sites is 1. The van der Waals surface area contributed by atoms with Gasteiger partial charge in [-0.1, -0.05) is 12.1 Å². The number of hydrogen-bond donors (Lipinski definition) is 1. The van der Waals surface area contributed by atoms with Crippen molar-refractivity contribution in [3.05, 3.63) is 41.6 Å². The van der Waals surface area contributed by atoms with Crippen LogP contribution in [0, 0.1) is 6.92 Å². The average Bonchev–Trinajstić information content (AvgIpc) is 2.67. The summed E-state index contributed by atoms with van der Waals surface area (Å²) in [6.07, 6.45) is 0. The topological polar surface area (TPSA) is 87.7 Å². The van der Waals surface area contributed by atoms with Gasteiger partial charge in [0.25, 0.3) is 0 Å². The predicted octanol–water partition coefficient (Wildman–Crippen LogP) is 1.98. The van der Waals surface area contributed by atoms with Crippen molar-refractivity contribution in [3.8, 4) is 0 Å². The second-order valence-corrected chi connectivity index (χ2v) is 6.35. The molecule has 1 fully saturated rings. The van der Waals surface area contributed by atoms with Crippen LogP contribution in [-0.4, -0.2) is 60.0 Å². The van der Waals surface area contributed by atoms with Gasteiger partial charge in [-0.05, 0) is 19.1 Å². The zero-order valence-electron chi connectivity index (χ0n) is 15.7. The smallest absolute Gasteiger partial charge is 0.339 e. The quantitative estimate of drug-likeness (QED) is 0.825. The highest BCUT2D eigenvalue weighted by Crippen LogP contribution is 2.22. The van der Waals surface area contributed by atoms with Crippen LogP contribution in [-0.2, 0) is 9.53 Å². The predicted molar refractivity (Wildman–Crippen MR) is 102 cm³/mol. The highest BCUT2D eigenvalue weighted by Gasteiger charge is 2.20. The number of methoxy groups -OCH3 is 1. The second kappa shape index (κ2) is 8.03. The molecule has 2 aromatic rings. The summed E-state index contributed by atoms with van der Waals surface area (Å²) in [5.74, 6) is 0.876. The monoisotopic (exact) mass is 369 g/mol. The van der Waals surface area contributed by atoms with Crippen molar-refractivity contribution in [1.82, 2.24) is 14.9 Å². The fourth-order valence-electron chi connectivity index (χ4n) is 3.02. The largest absolute Gasteiger partial charge is 0.465 e. The van der Waals surface area contributed by atoms with Gasteiger partial charge in [-0.2, -0.15) is 4.98 Å². The van der Waals surface area contributed by atoms with Crippen LogP contribution in [0.2, 0.25) is 0 Å². The number of aryl methyl sites for hydroxylation is 1. The molecule has 0 saturated carbocycles. The minimum absolute atomic E-state index is 0.0929. The summed E-state index contributed by atoms with van der Waals surface area (Å²) in [4.78, 5) is 36.4. The van der Waals surface area contributed by atoms with E-state index in [-0.39, 0.29) is 5.91 Å². The van der Waals surface area contributed by atoms with Gasteiger partial charge in [0.05, 0.1) is 18.4 Å². The summed E-state index contributed by atoms with van der Waals surface area (Å²) < 4.78 is 4.83. The average molecular weight is 369 g/mol. The first kappa shape index (κ1) is 18.6. The van der Waals surface area contributed by atoms with E-state index >= 15 is 0 Å². The molecule has 8 heteroatoms. The van der Waals surface area contributed by atoms with Gasteiger partial charge in [-0.3, -0.25) is 4.79 Å². The Morgan fingerprint density at radius 1 is 1.11 bits per heavy atom. The van der Waals surface area contributed by atoms with Crippen LogP contribution in [0.5, 0.6) is 0 Å². The number of nitrogens with zero attached hydrogens (tertiary/aromatic N) is 4. The summed E-state index contributed by atoms with van der Waals surface area (Å²) in [7, 11) is 1.35. The van der Waals surface area contributed by atoms with Gasteiger partial charge in [0.2, 0.25) is 11.9 Å². The lowest BCUT2D eigenvalue weighted by atomic mass is 10.2. The van der Waals surface area contributed by atoms with E-state index in [9.17, 15) is 9.59 Å². The van der Waals surface area contributed by atoms with Crippen LogP contribution in [0.3, 0.4) is 0 Å². The Morgan fingerprint density at radius 2 is 1.81 bits per heavy atom. The van der Waals surface area contributed by atoms with Gasteiger partial charge in [0.15, 0.2) is 0 Å². The molecule has 0 spiro atoms. The lowest BCUT2D eigenvalue weighted by Crippen LogP contribution is -2.48. The molecule has 1 amide bonds. The summed E-state index contributed by atoms with van der Waals surface area (Å²) in [6, 6.07) is 8.98. The number of rotatable bonds is 4. The Hall–Kier alpha value is -3.16. The Labute approximate surface area is 158 Å². The molecule has 27 heavy (non-hydrogen) atoms. The van der Waals surface area contributed by atoms with E-state index in [4.69, 9.17) is 4.74 Å². The molecule has 1 aromatic heterocycles. The van der Waals surface area contributed by atoms with Gasteiger partial charge in [-0.25, -0.2) is 9.78 Å². The zero-order valence-corrected chi connectivity index (χ0v) is 15.7. The highest BCUT2D eigenvalue weighted by molar-refractivity contribution is 5.96. The van der Waals surface area contributed by atoms with Gasteiger partial charge in [-0.15, -0.1) is 0 Å². The number of carbonyl (C=O) groups is 2. The minimum Gasteiger partial charge on any atom is -0.465 e. The Balaban J connectivity index is 1.81. The molecular formula is C19H23N5O3. The van der Waals surface area contributed by atoms with E-state index in [1.54, 1.807) is 25.1 Å². The Kier molecular flexibility index (Phi) is 5.54. The number of anilines is 3. The molecule has 8 nitrogen and oxygen atoms in total. The molecule has 1 N–H and O–H groups in total. The van der Waals surface area contributed by atoms with Crippen LogP contribution in [0.1, 0.15) is 23.0 Å². The lowest BCUT2D eigenvalue weighted by molar-refractivity contribution is -0.129. The first-order chi connectivity index (χ1) is 13.0. The number of hydrogen-bond acceptors (Lipinski definition) is 7. The molecule has 0 aliphatic carbocycles. The minimum atomic E-state index is -0.425. The molecule has 1 aliphatic rings. The number of amides is 1. The van der Waals surface area contributed by atoms with Crippen LogP contribution in [0.25, 0.3) is 0 Å². The first-order valence-corrected chi connectivity index (χ1v) is 8.78.